The highest BCUT2D eigenvalue weighted by molar-refractivity contribution is 5.61. The van der Waals surface area contributed by atoms with Crippen molar-refractivity contribution in [2.24, 2.45) is 11.7 Å². The van der Waals surface area contributed by atoms with Gasteiger partial charge in [0.15, 0.2) is 0 Å². The van der Waals surface area contributed by atoms with Gasteiger partial charge < -0.3 is 20.1 Å². The third-order valence-corrected chi connectivity index (χ3v) is 3.75. The van der Waals surface area contributed by atoms with Gasteiger partial charge in [-0.25, -0.2) is 0 Å². The van der Waals surface area contributed by atoms with Gasteiger partial charge in [0.2, 0.25) is 0 Å². The molecule has 0 spiro atoms. The first-order valence-corrected chi connectivity index (χ1v) is 6.83. The van der Waals surface area contributed by atoms with Crippen LogP contribution in [0.25, 0.3) is 0 Å². The van der Waals surface area contributed by atoms with Gasteiger partial charge in [-0.15, -0.1) is 0 Å². The monoisotopic (exact) mass is 264 g/mol. The maximum absolute atomic E-state index is 6.12. The zero-order chi connectivity index (χ0) is 13.8. The second-order valence-electron chi connectivity index (χ2n) is 5.24. The highest BCUT2D eigenvalue weighted by Crippen LogP contribution is 2.36. The highest BCUT2D eigenvalue weighted by Gasteiger charge is 2.26. The van der Waals surface area contributed by atoms with E-state index < -0.39 is 0 Å². The minimum atomic E-state index is -0.0346. The zero-order valence-corrected chi connectivity index (χ0v) is 12.1. The van der Waals surface area contributed by atoms with E-state index >= 15 is 0 Å². The fraction of sp³-hybridized carbons (Fsp3) is 0.600. The molecule has 106 valence electrons. The van der Waals surface area contributed by atoms with Crippen molar-refractivity contribution >= 4 is 5.69 Å². The van der Waals surface area contributed by atoms with E-state index in [-0.39, 0.29) is 6.04 Å². The van der Waals surface area contributed by atoms with Crippen LogP contribution in [-0.4, -0.2) is 33.9 Å². The smallest absolute Gasteiger partial charge is 0.125 e. The van der Waals surface area contributed by atoms with Gasteiger partial charge in [0.05, 0.1) is 13.7 Å². The van der Waals surface area contributed by atoms with E-state index in [1.165, 1.54) is 12.1 Å². The van der Waals surface area contributed by atoms with E-state index in [2.05, 4.69) is 11.0 Å². The molecule has 1 aromatic rings. The van der Waals surface area contributed by atoms with Gasteiger partial charge >= 0.3 is 0 Å². The lowest BCUT2D eigenvalue weighted by Gasteiger charge is -2.25. The lowest BCUT2D eigenvalue weighted by atomic mass is 10.0. The molecule has 1 aromatic carbocycles. The van der Waals surface area contributed by atoms with Gasteiger partial charge in [-0.3, -0.25) is 0 Å². The third-order valence-electron chi connectivity index (χ3n) is 3.75. The van der Waals surface area contributed by atoms with Crippen LogP contribution in [0.2, 0.25) is 0 Å². The number of methoxy groups -OCH3 is 2. The highest BCUT2D eigenvalue weighted by atomic mass is 16.5. The van der Waals surface area contributed by atoms with E-state index in [4.69, 9.17) is 15.2 Å². The summed E-state index contributed by atoms with van der Waals surface area (Å²) in [6, 6.07) is 6.11. The van der Waals surface area contributed by atoms with E-state index in [1.54, 1.807) is 14.2 Å². The molecule has 2 atom stereocenters. The number of benzene rings is 1. The maximum atomic E-state index is 6.12. The lowest BCUT2D eigenvalue weighted by Crippen LogP contribution is -2.24. The SMILES string of the molecule is COCC1CCN(c2cccc(OC)c2C(C)N)C1. The van der Waals surface area contributed by atoms with Crippen LogP contribution in [0.1, 0.15) is 24.9 Å². The molecule has 2 N–H and O–H groups in total. The molecule has 2 rings (SSSR count). The summed E-state index contributed by atoms with van der Waals surface area (Å²) in [7, 11) is 3.46. The van der Waals surface area contributed by atoms with Gasteiger partial charge in [-0.05, 0) is 25.5 Å². The lowest BCUT2D eigenvalue weighted by molar-refractivity contribution is 0.161. The number of ether oxygens (including phenoxy) is 2. The second-order valence-corrected chi connectivity index (χ2v) is 5.24. The average Bonchev–Trinajstić information content (AvgIpc) is 2.86. The number of rotatable bonds is 5. The van der Waals surface area contributed by atoms with Crippen LogP contribution in [0.4, 0.5) is 5.69 Å². The van der Waals surface area contributed by atoms with Crippen molar-refractivity contribution in [3.8, 4) is 5.75 Å². The molecule has 1 aliphatic rings. The predicted octanol–water partition coefficient (Wildman–Crippen LogP) is 2.19. The molecule has 0 aliphatic carbocycles. The molecule has 1 heterocycles. The Morgan fingerprint density at radius 1 is 1.42 bits per heavy atom. The molecular weight excluding hydrogens is 240 g/mol. The zero-order valence-electron chi connectivity index (χ0n) is 12.1. The molecule has 0 radical (unpaired) electrons. The van der Waals surface area contributed by atoms with E-state index in [1.807, 2.05) is 19.1 Å². The van der Waals surface area contributed by atoms with E-state index in [0.717, 1.165) is 31.0 Å². The molecule has 0 aromatic heterocycles. The van der Waals surface area contributed by atoms with Crippen LogP contribution >= 0.6 is 0 Å². The molecule has 0 bridgehead atoms. The first-order valence-electron chi connectivity index (χ1n) is 6.83. The molecule has 1 fully saturated rings. The minimum absolute atomic E-state index is 0.0346. The van der Waals surface area contributed by atoms with E-state index in [9.17, 15) is 0 Å². The number of nitrogens with zero attached hydrogens (tertiary/aromatic N) is 1. The maximum Gasteiger partial charge on any atom is 0.125 e. The van der Waals surface area contributed by atoms with Crippen molar-refractivity contribution in [1.82, 2.24) is 0 Å². The van der Waals surface area contributed by atoms with Gasteiger partial charge in [-0.1, -0.05) is 6.07 Å². The Bertz CT molecular complexity index is 421. The normalized spacial score (nSPS) is 20.6. The summed E-state index contributed by atoms with van der Waals surface area (Å²) in [5, 5.41) is 0. The Labute approximate surface area is 115 Å². The quantitative estimate of drug-likeness (QED) is 0.885. The van der Waals surface area contributed by atoms with Crippen LogP contribution < -0.4 is 15.4 Å². The Kier molecular flexibility index (Phi) is 4.66. The summed E-state index contributed by atoms with van der Waals surface area (Å²) >= 11 is 0. The second kappa shape index (κ2) is 6.26. The van der Waals surface area contributed by atoms with Crippen LogP contribution in [0, 0.1) is 5.92 Å². The molecule has 1 aliphatic heterocycles. The first-order chi connectivity index (χ1) is 9.17. The van der Waals surface area contributed by atoms with Crippen LogP contribution in [-0.2, 0) is 4.74 Å². The summed E-state index contributed by atoms with van der Waals surface area (Å²) in [4.78, 5) is 2.39. The molecule has 4 nitrogen and oxygen atoms in total. The molecule has 4 heteroatoms. The van der Waals surface area contributed by atoms with Crippen LogP contribution in [0.15, 0.2) is 18.2 Å². The fourth-order valence-corrected chi connectivity index (χ4v) is 2.87. The molecule has 19 heavy (non-hydrogen) atoms. The van der Waals surface area contributed by atoms with Crippen molar-refractivity contribution in [2.45, 2.75) is 19.4 Å². The average molecular weight is 264 g/mol. The van der Waals surface area contributed by atoms with Crippen molar-refractivity contribution < 1.29 is 9.47 Å². The number of anilines is 1. The molecule has 2 unspecified atom stereocenters. The van der Waals surface area contributed by atoms with Gasteiger partial charge in [-0.2, -0.15) is 0 Å². The van der Waals surface area contributed by atoms with Crippen molar-refractivity contribution in [3.63, 3.8) is 0 Å². The largest absolute Gasteiger partial charge is 0.496 e. The summed E-state index contributed by atoms with van der Waals surface area (Å²) < 4.78 is 10.7. The summed E-state index contributed by atoms with van der Waals surface area (Å²) in [5.41, 5.74) is 8.42. The Hall–Kier alpha value is -1.26. The standard InChI is InChI=1S/C15H24N2O2/c1-11(16)15-13(5-4-6-14(15)19-3)17-8-7-12(9-17)10-18-2/h4-6,11-12H,7-10,16H2,1-3H3. The number of nitrogens with two attached hydrogens (primary N) is 1. The van der Waals surface area contributed by atoms with Gasteiger partial charge in [0.25, 0.3) is 0 Å². The Morgan fingerprint density at radius 3 is 2.84 bits per heavy atom. The predicted molar refractivity (Wildman–Crippen MR) is 77.8 cm³/mol. The topological polar surface area (TPSA) is 47.7 Å². The third kappa shape index (κ3) is 3.01. The molecule has 0 saturated carbocycles. The van der Waals surface area contributed by atoms with Crippen molar-refractivity contribution in [2.75, 3.05) is 38.8 Å². The Morgan fingerprint density at radius 2 is 2.21 bits per heavy atom. The molecule has 1 saturated heterocycles. The molecule has 0 amide bonds. The van der Waals surface area contributed by atoms with Crippen molar-refractivity contribution in [3.05, 3.63) is 23.8 Å². The fourth-order valence-electron chi connectivity index (χ4n) is 2.87. The van der Waals surface area contributed by atoms with Gasteiger partial charge in [0, 0.05) is 43.4 Å². The van der Waals surface area contributed by atoms with E-state index in [0.29, 0.717) is 5.92 Å². The number of hydrogen-bond donors (Lipinski definition) is 1. The number of hydrogen-bond acceptors (Lipinski definition) is 4. The van der Waals surface area contributed by atoms with Crippen LogP contribution in [0.5, 0.6) is 5.75 Å². The summed E-state index contributed by atoms with van der Waals surface area (Å²) in [5.74, 6) is 1.49. The van der Waals surface area contributed by atoms with Gasteiger partial charge in [0.1, 0.15) is 5.75 Å². The molecular formula is C15H24N2O2. The summed E-state index contributed by atoms with van der Waals surface area (Å²) in [6.07, 6.45) is 1.17. The van der Waals surface area contributed by atoms with Crippen molar-refractivity contribution in [1.29, 1.82) is 0 Å². The Balaban J connectivity index is 2.25. The summed E-state index contributed by atoms with van der Waals surface area (Å²) in [6.45, 7) is 4.92. The minimum Gasteiger partial charge on any atom is -0.496 e. The first kappa shape index (κ1) is 14.2. The van der Waals surface area contributed by atoms with Crippen LogP contribution in [0.3, 0.4) is 0 Å².